The predicted octanol–water partition coefficient (Wildman–Crippen LogP) is 3.90. The third-order valence-electron chi connectivity index (χ3n) is 2.27. The Morgan fingerprint density at radius 3 is 2.61 bits per heavy atom. The Labute approximate surface area is 116 Å². The molecular formula is C13H12Cl2N2O. The zero-order valence-corrected chi connectivity index (χ0v) is 11.3. The van der Waals surface area contributed by atoms with Crippen molar-refractivity contribution in [1.29, 1.82) is 0 Å². The molecule has 0 saturated carbocycles. The van der Waals surface area contributed by atoms with Gasteiger partial charge in [-0.25, -0.2) is 0 Å². The molecule has 0 radical (unpaired) electrons. The Hall–Kier alpha value is -1.29. The van der Waals surface area contributed by atoms with Crippen molar-refractivity contribution >= 4 is 23.2 Å². The van der Waals surface area contributed by atoms with Gasteiger partial charge in [0.2, 0.25) is 0 Å². The third kappa shape index (κ3) is 3.35. The van der Waals surface area contributed by atoms with E-state index in [0.29, 0.717) is 28.1 Å². The maximum absolute atomic E-state index is 5.93. The van der Waals surface area contributed by atoms with E-state index >= 15 is 0 Å². The number of rotatable bonds is 4. The summed E-state index contributed by atoms with van der Waals surface area (Å²) in [6.45, 7) is 0.693. The lowest BCUT2D eigenvalue weighted by molar-refractivity contribution is 0.480. The number of benzene rings is 1. The van der Waals surface area contributed by atoms with Crippen molar-refractivity contribution in [3.8, 4) is 11.5 Å². The summed E-state index contributed by atoms with van der Waals surface area (Å²) in [6.07, 6.45) is 1.71. The molecule has 0 fully saturated rings. The van der Waals surface area contributed by atoms with Crippen LogP contribution in [0.3, 0.4) is 0 Å². The summed E-state index contributed by atoms with van der Waals surface area (Å²) in [7, 11) is 1.87. The minimum absolute atomic E-state index is 0.471. The summed E-state index contributed by atoms with van der Waals surface area (Å²) in [5.74, 6) is 1.36. The standard InChI is InChI=1S/C13H12Cl2N2O/c1-16-8-9-6-11(4-5-17-9)18-10-2-3-12(14)13(15)7-10/h2-7,16H,8H2,1H3. The molecule has 0 aliphatic heterocycles. The van der Waals surface area contributed by atoms with Crippen LogP contribution in [0.1, 0.15) is 5.69 Å². The van der Waals surface area contributed by atoms with Gasteiger partial charge in [0.1, 0.15) is 11.5 Å². The monoisotopic (exact) mass is 282 g/mol. The largest absolute Gasteiger partial charge is 0.457 e. The summed E-state index contributed by atoms with van der Waals surface area (Å²) >= 11 is 11.8. The molecule has 2 aromatic rings. The van der Waals surface area contributed by atoms with Gasteiger partial charge in [-0.05, 0) is 25.2 Å². The van der Waals surface area contributed by atoms with Gasteiger partial charge >= 0.3 is 0 Å². The van der Waals surface area contributed by atoms with E-state index in [2.05, 4.69) is 10.3 Å². The van der Waals surface area contributed by atoms with Crippen molar-refractivity contribution in [3.05, 3.63) is 52.3 Å². The molecule has 1 heterocycles. The van der Waals surface area contributed by atoms with E-state index in [-0.39, 0.29) is 0 Å². The Morgan fingerprint density at radius 2 is 1.89 bits per heavy atom. The summed E-state index contributed by atoms with van der Waals surface area (Å²) in [4.78, 5) is 4.21. The number of pyridine rings is 1. The normalized spacial score (nSPS) is 10.4. The van der Waals surface area contributed by atoms with E-state index in [0.717, 1.165) is 5.69 Å². The molecule has 0 aliphatic rings. The lowest BCUT2D eigenvalue weighted by Gasteiger charge is -2.07. The van der Waals surface area contributed by atoms with Crippen molar-refractivity contribution < 1.29 is 4.74 Å². The van der Waals surface area contributed by atoms with Crippen LogP contribution < -0.4 is 10.1 Å². The van der Waals surface area contributed by atoms with Crippen molar-refractivity contribution in [2.75, 3.05) is 7.05 Å². The van der Waals surface area contributed by atoms with Crippen LogP contribution in [0.25, 0.3) is 0 Å². The lowest BCUT2D eigenvalue weighted by atomic mass is 10.3. The van der Waals surface area contributed by atoms with Gasteiger partial charge in [0.15, 0.2) is 0 Å². The van der Waals surface area contributed by atoms with Crippen LogP contribution in [-0.4, -0.2) is 12.0 Å². The molecule has 0 amide bonds. The number of halogens is 2. The highest BCUT2D eigenvalue weighted by atomic mass is 35.5. The molecule has 1 N–H and O–H groups in total. The molecule has 0 spiro atoms. The molecule has 94 valence electrons. The van der Waals surface area contributed by atoms with Gasteiger partial charge in [-0.15, -0.1) is 0 Å². The number of aromatic nitrogens is 1. The second kappa shape index (κ2) is 6.05. The molecule has 0 aliphatic carbocycles. The van der Waals surface area contributed by atoms with Gasteiger partial charge in [-0.3, -0.25) is 4.98 Å². The van der Waals surface area contributed by atoms with Crippen molar-refractivity contribution in [2.45, 2.75) is 6.54 Å². The van der Waals surface area contributed by atoms with Crippen LogP contribution in [-0.2, 0) is 6.54 Å². The lowest BCUT2D eigenvalue weighted by Crippen LogP contribution is -2.06. The van der Waals surface area contributed by atoms with Crippen LogP contribution in [0.4, 0.5) is 0 Å². The van der Waals surface area contributed by atoms with Crippen LogP contribution in [0.2, 0.25) is 10.0 Å². The van der Waals surface area contributed by atoms with Gasteiger partial charge in [-0.2, -0.15) is 0 Å². The molecule has 18 heavy (non-hydrogen) atoms. The second-order valence-corrected chi connectivity index (χ2v) is 4.51. The van der Waals surface area contributed by atoms with E-state index in [1.165, 1.54) is 0 Å². The van der Waals surface area contributed by atoms with Gasteiger partial charge in [-0.1, -0.05) is 23.2 Å². The first-order chi connectivity index (χ1) is 8.69. The van der Waals surface area contributed by atoms with Gasteiger partial charge in [0, 0.05) is 24.9 Å². The number of hydrogen-bond donors (Lipinski definition) is 1. The SMILES string of the molecule is CNCc1cc(Oc2ccc(Cl)c(Cl)c2)ccn1. The average Bonchev–Trinajstić information content (AvgIpc) is 2.35. The van der Waals surface area contributed by atoms with Crippen LogP contribution in [0.15, 0.2) is 36.5 Å². The Bertz CT molecular complexity index is 546. The fourth-order valence-corrected chi connectivity index (χ4v) is 1.76. The fourth-order valence-electron chi connectivity index (χ4n) is 1.47. The molecular weight excluding hydrogens is 271 g/mol. The minimum atomic E-state index is 0.471. The molecule has 0 bridgehead atoms. The summed E-state index contributed by atoms with van der Waals surface area (Å²) in [5.41, 5.74) is 0.912. The van der Waals surface area contributed by atoms with E-state index in [9.17, 15) is 0 Å². The summed E-state index contributed by atoms with van der Waals surface area (Å²) in [5, 5.41) is 4.01. The Morgan fingerprint density at radius 1 is 1.11 bits per heavy atom. The fraction of sp³-hybridized carbons (Fsp3) is 0.154. The first-order valence-corrected chi connectivity index (χ1v) is 6.17. The van der Waals surface area contributed by atoms with Gasteiger partial charge < -0.3 is 10.1 Å². The number of ether oxygens (including phenoxy) is 1. The first-order valence-electron chi connectivity index (χ1n) is 5.41. The molecule has 2 rings (SSSR count). The zero-order chi connectivity index (χ0) is 13.0. The highest BCUT2D eigenvalue weighted by molar-refractivity contribution is 6.42. The molecule has 3 nitrogen and oxygen atoms in total. The quantitative estimate of drug-likeness (QED) is 0.924. The smallest absolute Gasteiger partial charge is 0.130 e. The molecule has 1 aromatic heterocycles. The number of nitrogens with zero attached hydrogens (tertiary/aromatic N) is 1. The molecule has 0 atom stereocenters. The molecule has 0 saturated heterocycles. The van der Waals surface area contributed by atoms with Crippen LogP contribution >= 0.6 is 23.2 Å². The zero-order valence-electron chi connectivity index (χ0n) is 9.78. The van der Waals surface area contributed by atoms with Crippen LogP contribution in [0, 0.1) is 0 Å². The Kier molecular flexibility index (Phi) is 4.42. The number of hydrogen-bond acceptors (Lipinski definition) is 3. The number of nitrogens with one attached hydrogen (secondary N) is 1. The highest BCUT2D eigenvalue weighted by Gasteiger charge is 2.03. The van der Waals surface area contributed by atoms with E-state index in [1.807, 2.05) is 13.1 Å². The maximum atomic E-state index is 5.93. The average molecular weight is 283 g/mol. The molecule has 0 unspecified atom stereocenters. The maximum Gasteiger partial charge on any atom is 0.130 e. The van der Waals surface area contributed by atoms with E-state index in [4.69, 9.17) is 27.9 Å². The topological polar surface area (TPSA) is 34.1 Å². The summed E-state index contributed by atoms with van der Waals surface area (Å²) in [6, 6.07) is 8.82. The summed E-state index contributed by atoms with van der Waals surface area (Å²) < 4.78 is 5.69. The van der Waals surface area contributed by atoms with Crippen molar-refractivity contribution in [3.63, 3.8) is 0 Å². The third-order valence-corrected chi connectivity index (χ3v) is 3.01. The van der Waals surface area contributed by atoms with E-state index in [1.54, 1.807) is 30.5 Å². The Balaban J connectivity index is 2.17. The van der Waals surface area contributed by atoms with Crippen LogP contribution in [0.5, 0.6) is 11.5 Å². The van der Waals surface area contributed by atoms with Crippen molar-refractivity contribution in [1.82, 2.24) is 10.3 Å². The van der Waals surface area contributed by atoms with E-state index < -0.39 is 0 Å². The molecule has 5 heteroatoms. The van der Waals surface area contributed by atoms with Gasteiger partial charge in [0.05, 0.1) is 15.7 Å². The predicted molar refractivity (Wildman–Crippen MR) is 73.5 cm³/mol. The van der Waals surface area contributed by atoms with Gasteiger partial charge in [0.25, 0.3) is 0 Å². The highest BCUT2D eigenvalue weighted by Crippen LogP contribution is 2.29. The minimum Gasteiger partial charge on any atom is -0.457 e. The first kappa shape index (κ1) is 13.1. The van der Waals surface area contributed by atoms with Crippen molar-refractivity contribution in [2.24, 2.45) is 0 Å². The molecule has 1 aromatic carbocycles. The second-order valence-electron chi connectivity index (χ2n) is 3.69.